The minimum absolute atomic E-state index is 0.126. The zero-order chi connectivity index (χ0) is 22.7. The molecule has 0 unspecified atom stereocenters. The van der Waals surface area contributed by atoms with E-state index >= 15 is 0 Å². The summed E-state index contributed by atoms with van der Waals surface area (Å²) in [5.74, 6) is -0.988. The van der Waals surface area contributed by atoms with Crippen LogP contribution >= 0.6 is 0 Å². The Balaban J connectivity index is 1.67. The van der Waals surface area contributed by atoms with Crippen molar-refractivity contribution >= 4 is 28.7 Å². The van der Waals surface area contributed by atoms with Crippen molar-refractivity contribution in [2.75, 3.05) is 0 Å². The van der Waals surface area contributed by atoms with Crippen LogP contribution in [-0.4, -0.2) is 27.1 Å². The minimum Gasteiger partial charge on any atom is -0.502 e. The van der Waals surface area contributed by atoms with Gasteiger partial charge in [-0.05, 0) is 30.7 Å². The first-order chi connectivity index (χ1) is 15.4. The number of para-hydroxylation sites is 1. The molecule has 2 N–H and O–H groups in total. The number of nitrogens with zero attached hydrogens (tertiary/aromatic N) is 3. The molecule has 0 spiro atoms. The second-order valence-electron chi connectivity index (χ2n) is 7.12. The van der Waals surface area contributed by atoms with Gasteiger partial charge in [-0.1, -0.05) is 48.5 Å². The van der Waals surface area contributed by atoms with E-state index in [4.69, 9.17) is 0 Å². The highest BCUT2D eigenvalue weighted by Crippen LogP contribution is 2.30. The van der Waals surface area contributed by atoms with Gasteiger partial charge in [0.1, 0.15) is 0 Å². The summed E-state index contributed by atoms with van der Waals surface area (Å²) < 4.78 is 0. The Morgan fingerprint density at radius 2 is 1.81 bits per heavy atom. The Labute approximate surface area is 183 Å². The van der Waals surface area contributed by atoms with Crippen molar-refractivity contribution in [1.82, 2.24) is 10.4 Å². The molecule has 0 aliphatic rings. The van der Waals surface area contributed by atoms with Gasteiger partial charge in [-0.2, -0.15) is 5.10 Å². The molecule has 1 amide bonds. The molecule has 4 aromatic rings. The number of nitrogens with one attached hydrogen (secondary N) is 1. The average molecular weight is 426 g/mol. The van der Waals surface area contributed by atoms with Crippen molar-refractivity contribution in [2.45, 2.75) is 6.92 Å². The van der Waals surface area contributed by atoms with Crippen LogP contribution in [0.15, 0.2) is 77.9 Å². The standard InChI is InChI=1S/C24H18N4O4/c1-15-11-17(23(29)22(12-15)28(31)32)14-25-27-24(30)19-13-21(16-7-3-2-4-8-16)26-20-10-6-5-9-18(19)20/h2-14,29H,1H3,(H,27,30)/b25-14+. The number of hydrogen-bond donors (Lipinski definition) is 2. The summed E-state index contributed by atoms with van der Waals surface area (Å²) in [6.45, 7) is 1.66. The van der Waals surface area contributed by atoms with E-state index in [2.05, 4.69) is 15.5 Å². The fourth-order valence-corrected chi connectivity index (χ4v) is 3.37. The zero-order valence-electron chi connectivity index (χ0n) is 17.0. The molecule has 0 bridgehead atoms. The molecule has 1 heterocycles. The van der Waals surface area contributed by atoms with Crippen LogP contribution in [0.5, 0.6) is 5.75 Å². The Bertz CT molecular complexity index is 1370. The average Bonchev–Trinajstić information content (AvgIpc) is 2.80. The molecule has 8 nitrogen and oxygen atoms in total. The van der Waals surface area contributed by atoms with Gasteiger partial charge in [0, 0.05) is 22.6 Å². The van der Waals surface area contributed by atoms with Crippen LogP contribution in [0.3, 0.4) is 0 Å². The number of hydrogen-bond acceptors (Lipinski definition) is 6. The fraction of sp³-hybridized carbons (Fsp3) is 0.0417. The maximum atomic E-state index is 12.9. The molecule has 3 aromatic carbocycles. The summed E-state index contributed by atoms with van der Waals surface area (Å²) in [5, 5.41) is 25.8. The normalized spacial score (nSPS) is 11.0. The van der Waals surface area contributed by atoms with Gasteiger partial charge >= 0.3 is 5.69 Å². The van der Waals surface area contributed by atoms with Crippen LogP contribution in [0.2, 0.25) is 0 Å². The lowest BCUT2D eigenvalue weighted by Crippen LogP contribution is -2.18. The fourth-order valence-electron chi connectivity index (χ4n) is 3.37. The number of phenolic OH excluding ortho intramolecular Hbond substituents is 1. The van der Waals surface area contributed by atoms with Crippen molar-refractivity contribution in [2.24, 2.45) is 5.10 Å². The Morgan fingerprint density at radius 1 is 1.09 bits per heavy atom. The lowest BCUT2D eigenvalue weighted by molar-refractivity contribution is -0.385. The van der Waals surface area contributed by atoms with E-state index in [1.807, 2.05) is 48.5 Å². The number of nitro groups is 1. The molecule has 0 aliphatic carbocycles. The van der Waals surface area contributed by atoms with E-state index in [1.54, 1.807) is 19.1 Å². The topological polar surface area (TPSA) is 118 Å². The first-order valence-electron chi connectivity index (χ1n) is 9.70. The molecule has 0 saturated heterocycles. The molecule has 4 rings (SSSR count). The largest absolute Gasteiger partial charge is 0.502 e. The molecule has 0 aliphatic heterocycles. The highest BCUT2D eigenvalue weighted by molar-refractivity contribution is 6.07. The van der Waals surface area contributed by atoms with E-state index in [0.717, 1.165) is 5.56 Å². The first-order valence-corrected chi connectivity index (χ1v) is 9.70. The lowest BCUT2D eigenvalue weighted by atomic mass is 10.0. The Hall–Kier alpha value is -4.59. The third-order valence-electron chi connectivity index (χ3n) is 4.86. The quantitative estimate of drug-likeness (QED) is 0.275. The summed E-state index contributed by atoms with van der Waals surface area (Å²) >= 11 is 0. The number of hydrazone groups is 1. The van der Waals surface area contributed by atoms with Crippen LogP contribution in [0.25, 0.3) is 22.2 Å². The Kier molecular flexibility index (Phi) is 5.59. The predicted molar refractivity (Wildman–Crippen MR) is 122 cm³/mol. The highest BCUT2D eigenvalue weighted by Gasteiger charge is 2.17. The van der Waals surface area contributed by atoms with Crippen molar-refractivity contribution in [1.29, 1.82) is 0 Å². The number of aromatic nitrogens is 1. The first kappa shape index (κ1) is 20.7. The number of amides is 1. The van der Waals surface area contributed by atoms with Crippen molar-refractivity contribution < 1.29 is 14.8 Å². The smallest absolute Gasteiger partial charge is 0.311 e. The second-order valence-corrected chi connectivity index (χ2v) is 7.12. The third-order valence-corrected chi connectivity index (χ3v) is 4.86. The van der Waals surface area contributed by atoms with E-state index in [0.29, 0.717) is 27.7 Å². The van der Waals surface area contributed by atoms with Gasteiger partial charge in [0.2, 0.25) is 5.75 Å². The Morgan fingerprint density at radius 3 is 2.56 bits per heavy atom. The number of nitro benzene ring substituents is 1. The minimum atomic E-state index is -0.674. The van der Waals surface area contributed by atoms with Crippen molar-refractivity contribution in [3.05, 3.63) is 99.6 Å². The summed E-state index contributed by atoms with van der Waals surface area (Å²) in [5.41, 5.74) is 5.27. The SMILES string of the molecule is Cc1cc(/C=N/NC(=O)c2cc(-c3ccccc3)nc3ccccc23)c(O)c([N+](=O)[O-])c1. The van der Waals surface area contributed by atoms with Crippen LogP contribution in [0.4, 0.5) is 5.69 Å². The number of phenols is 1. The van der Waals surface area contributed by atoms with Crippen LogP contribution in [-0.2, 0) is 0 Å². The van der Waals surface area contributed by atoms with Gasteiger partial charge in [0.05, 0.1) is 27.9 Å². The van der Waals surface area contributed by atoms with Crippen LogP contribution in [0.1, 0.15) is 21.5 Å². The van der Waals surface area contributed by atoms with E-state index in [-0.39, 0.29) is 5.56 Å². The number of pyridine rings is 1. The van der Waals surface area contributed by atoms with Crippen molar-refractivity contribution in [3.8, 4) is 17.0 Å². The molecular formula is C24H18N4O4. The molecular weight excluding hydrogens is 408 g/mol. The number of carbonyl (C=O) groups is 1. The second kappa shape index (κ2) is 8.65. The molecule has 32 heavy (non-hydrogen) atoms. The van der Waals surface area contributed by atoms with Crippen LogP contribution in [0, 0.1) is 17.0 Å². The molecule has 0 fully saturated rings. The van der Waals surface area contributed by atoms with Crippen LogP contribution < -0.4 is 5.43 Å². The predicted octanol–water partition coefficient (Wildman–Crippen LogP) is 4.59. The summed E-state index contributed by atoms with van der Waals surface area (Å²) in [6.07, 6.45) is 1.18. The highest BCUT2D eigenvalue weighted by atomic mass is 16.6. The van der Waals surface area contributed by atoms with E-state index in [1.165, 1.54) is 18.3 Å². The molecule has 8 heteroatoms. The molecule has 0 saturated carbocycles. The molecule has 158 valence electrons. The number of aryl methyl sites for hydroxylation is 1. The maximum Gasteiger partial charge on any atom is 0.311 e. The summed E-state index contributed by atoms with van der Waals surface area (Å²) in [7, 11) is 0. The van der Waals surface area contributed by atoms with Gasteiger partial charge < -0.3 is 5.11 Å². The van der Waals surface area contributed by atoms with Gasteiger partial charge in [0.15, 0.2) is 0 Å². The maximum absolute atomic E-state index is 12.9. The van der Waals surface area contributed by atoms with Crippen molar-refractivity contribution in [3.63, 3.8) is 0 Å². The van der Waals surface area contributed by atoms with Gasteiger partial charge in [-0.15, -0.1) is 0 Å². The monoisotopic (exact) mass is 426 g/mol. The summed E-state index contributed by atoms with van der Waals surface area (Å²) in [6, 6.07) is 21.3. The molecule has 0 atom stereocenters. The zero-order valence-corrected chi connectivity index (χ0v) is 17.0. The number of aromatic hydroxyl groups is 1. The molecule has 0 radical (unpaired) electrons. The third kappa shape index (κ3) is 4.15. The lowest BCUT2D eigenvalue weighted by Gasteiger charge is -2.09. The van der Waals surface area contributed by atoms with Gasteiger partial charge in [-0.25, -0.2) is 10.4 Å². The summed E-state index contributed by atoms with van der Waals surface area (Å²) in [4.78, 5) is 28.0. The van der Waals surface area contributed by atoms with Gasteiger partial charge in [-0.3, -0.25) is 14.9 Å². The molecule has 1 aromatic heterocycles. The van der Waals surface area contributed by atoms with Gasteiger partial charge in [0.25, 0.3) is 5.91 Å². The number of rotatable bonds is 5. The van der Waals surface area contributed by atoms with E-state index in [9.17, 15) is 20.0 Å². The number of fused-ring (bicyclic) bond motifs is 1. The number of benzene rings is 3. The van der Waals surface area contributed by atoms with E-state index < -0.39 is 22.3 Å². The number of carbonyl (C=O) groups excluding carboxylic acids is 1.